The van der Waals surface area contributed by atoms with E-state index in [-0.39, 0.29) is 29.7 Å². The minimum atomic E-state index is -0.791. The maximum absolute atomic E-state index is 14.7. The van der Waals surface area contributed by atoms with E-state index >= 15 is 0 Å². The average molecular weight is 574 g/mol. The Hall–Kier alpha value is -1.80. The van der Waals surface area contributed by atoms with Crippen LogP contribution in [-0.2, 0) is 14.4 Å². The number of carbonyl (C=O) groups excluding carboxylic acids is 3. The van der Waals surface area contributed by atoms with Gasteiger partial charge in [-0.3, -0.25) is 14.4 Å². The van der Waals surface area contributed by atoms with Crippen LogP contribution >= 0.6 is 11.8 Å². The Morgan fingerprint density at radius 2 is 1.57 bits per heavy atom. The third-order valence-corrected chi connectivity index (χ3v) is 10.9. The van der Waals surface area contributed by atoms with Gasteiger partial charge in [0.25, 0.3) is 0 Å². The van der Waals surface area contributed by atoms with E-state index in [4.69, 9.17) is 0 Å². The van der Waals surface area contributed by atoms with Crippen molar-refractivity contribution in [2.45, 2.75) is 108 Å². The van der Waals surface area contributed by atoms with Crippen molar-refractivity contribution in [1.29, 1.82) is 0 Å². The van der Waals surface area contributed by atoms with Crippen LogP contribution in [0.25, 0.3) is 0 Å². The van der Waals surface area contributed by atoms with Gasteiger partial charge in [-0.25, -0.2) is 0 Å². The number of carbonyl (C=O) groups is 3. The molecule has 1 N–H and O–H groups in total. The van der Waals surface area contributed by atoms with Crippen molar-refractivity contribution < 1.29 is 19.5 Å². The van der Waals surface area contributed by atoms with E-state index < -0.39 is 32.9 Å². The standard InChI is InChI=1S/C32H51N3O4S/c1-8-17-33-18-13-15-31(7)23(26(33)37)24-27(38)34(19-11-9-10-12-21-36)25-28(39)35(20-14-16-32(24,25)40-31)30(5,6)22-29(2,3)4/h13-16,23-25,36H,8-12,17-22H2,1-7H3/t23-,24-,25?,31+,32-/m0/s1. The number of amides is 3. The smallest absolute Gasteiger partial charge is 0.247 e. The first kappa shape index (κ1) is 31.1. The molecule has 2 saturated heterocycles. The van der Waals surface area contributed by atoms with Crippen molar-refractivity contribution in [2.24, 2.45) is 17.3 Å². The van der Waals surface area contributed by atoms with Crippen LogP contribution in [0.5, 0.6) is 0 Å². The summed E-state index contributed by atoms with van der Waals surface area (Å²) in [6, 6.07) is -0.643. The normalized spacial score (nSPS) is 32.4. The van der Waals surface area contributed by atoms with Gasteiger partial charge in [0.1, 0.15) is 6.04 Å². The van der Waals surface area contributed by atoms with Gasteiger partial charge in [0.15, 0.2) is 0 Å². The summed E-state index contributed by atoms with van der Waals surface area (Å²) >= 11 is 1.67. The summed E-state index contributed by atoms with van der Waals surface area (Å²) in [6.07, 6.45) is 13.4. The zero-order chi connectivity index (χ0) is 29.5. The van der Waals surface area contributed by atoms with Crippen LogP contribution in [0.1, 0.15) is 87.0 Å². The van der Waals surface area contributed by atoms with E-state index in [1.807, 2.05) is 14.7 Å². The highest BCUT2D eigenvalue weighted by Gasteiger charge is 2.74. The first-order chi connectivity index (χ1) is 18.7. The van der Waals surface area contributed by atoms with Crippen molar-refractivity contribution in [2.75, 3.05) is 32.8 Å². The molecule has 4 rings (SSSR count). The van der Waals surface area contributed by atoms with Gasteiger partial charge in [0.05, 0.1) is 16.6 Å². The van der Waals surface area contributed by atoms with E-state index in [2.05, 4.69) is 72.8 Å². The molecule has 3 amide bonds. The van der Waals surface area contributed by atoms with Gasteiger partial charge in [-0.15, -0.1) is 11.8 Å². The minimum absolute atomic E-state index is 0.000129. The molecule has 4 heterocycles. The molecule has 0 saturated carbocycles. The third-order valence-electron chi connectivity index (χ3n) is 9.13. The van der Waals surface area contributed by atoms with Crippen LogP contribution in [0.2, 0.25) is 0 Å². The number of hydrogen-bond donors (Lipinski definition) is 1. The topological polar surface area (TPSA) is 81.2 Å². The molecule has 224 valence electrons. The SMILES string of the molecule is CCCN1CC=C[C@@]2(C)S[C@]34C=CCN(C(C)(C)CC(C)(C)C)C(=O)C3N(CCCCCCO)C(=O)[C@@H]4[C@H]2C1=O. The summed E-state index contributed by atoms with van der Waals surface area (Å²) in [5, 5.41) is 9.21. The Morgan fingerprint density at radius 1 is 0.900 bits per heavy atom. The van der Waals surface area contributed by atoms with Gasteiger partial charge in [-0.05, 0) is 51.9 Å². The first-order valence-electron chi connectivity index (χ1n) is 15.3. The molecule has 1 unspecified atom stereocenters. The molecular formula is C32H51N3O4S. The zero-order valence-electron chi connectivity index (χ0n) is 25.7. The van der Waals surface area contributed by atoms with Crippen molar-refractivity contribution in [1.82, 2.24) is 14.7 Å². The molecule has 40 heavy (non-hydrogen) atoms. The molecular weight excluding hydrogens is 522 g/mol. The largest absolute Gasteiger partial charge is 0.396 e. The summed E-state index contributed by atoms with van der Waals surface area (Å²) in [5.74, 6) is -1.10. The average Bonchev–Trinajstić information content (AvgIpc) is 3.10. The molecule has 0 aliphatic carbocycles. The fourth-order valence-electron chi connectivity index (χ4n) is 7.97. The molecule has 0 bridgehead atoms. The lowest BCUT2D eigenvalue weighted by molar-refractivity contribution is -0.147. The Balaban J connectivity index is 1.78. The third kappa shape index (κ3) is 5.51. The van der Waals surface area contributed by atoms with Crippen molar-refractivity contribution in [3.63, 3.8) is 0 Å². The second kappa shape index (κ2) is 11.5. The predicted octanol–water partition coefficient (Wildman–Crippen LogP) is 4.65. The minimum Gasteiger partial charge on any atom is -0.396 e. The Kier molecular flexibility index (Phi) is 8.93. The van der Waals surface area contributed by atoms with Gasteiger partial charge in [-0.1, -0.05) is 64.8 Å². The number of unbranched alkanes of at least 4 members (excludes halogenated alkanes) is 3. The number of fused-ring (bicyclic) bond motifs is 2. The maximum Gasteiger partial charge on any atom is 0.247 e. The first-order valence-corrected chi connectivity index (χ1v) is 16.1. The Labute approximate surface area is 245 Å². The number of likely N-dealkylation sites (tertiary alicyclic amines) is 1. The number of nitrogens with zero attached hydrogens (tertiary/aromatic N) is 3. The number of hydrogen-bond acceptors (Lipinski definition) is 5. The van der Waals surface area contributed by atoms with E-state index in [0.717, 1.165) is 38.5 Å². The van der Waals surface area contributed by atoms with Gasteiger partial charge >= 0.3 is 0 Å². The number of rotatable bonds is 10. The van der Waals surface area contributed by atoms with Crippen molar-refractivity contribution >= 4 is 29.5 Å². The van der Waals surface area contributed by atoms with E-state index in [1.54, 1.807) is 11.8 Å². The summed E-state index contributed by atoms with van der Waals surface area (Å²) in [5.41, 5.74) is -0.370. The highest BCUT2D eigenvalue weighted by atomic mass is 32.2. The summed E-state index contributed by atoms with van der Waals surface area (Å²) in [6.45, 7) is 17.4. The number of aliphatic hydroxyl groups is 1. The van der Waals surface area contributed by atoms with Crippen molar-refractivity contribution in [3.05, 3.63) is 24.3 Å². The lowest BCUT2D eigenvalue weighted by Crippen LogP contribution is -2.58. The van der Waals surface area contributed by atoms with Crippen LogP contribution in [0.3, 0.4) is 0 Å². The van der Waals surface area contributed by atoms with E-state index in [1.165, 1.54) is 0 Å². The van der Waals surface area contributed by atoms with Crippen LogP contribution in [0.4, 0.5) is 0 Å². The molecule has 5 atom stereocenters. The maximum atomic E-state index is 14.7. The Bertz CT molecular complexity index is 1050. The Morgan fingerprint density at radius 3 is 2.23 bits per heavy atom. The molecule has 4 aliphatic heterocycles. The van der Waals surface area contributed by atoms with Crippen LogP contribution < -0.4 is 0 Å². The van der Waals surface area contributed by atoms with Gasteiger partial charge in [-0.2, -0.15) is 0 Å². The number of thioether (sulfide) groups is 1. The molecule has 0 aromatic rings. The number of aliphatic hydroxyl groups excluding tert-OH is 1. The van der Waals surface area contributed by atoms with Crippen LogP contribution in [0.15, 0.2) is 24.3 Å². The molecule has 0 radical (unpaired) electrons. The summed E-state index contributed by atoms with van der Waals surface area (Å²) in [4.78, 5) is 49.1. The predicted molar refractivity (Wildman–Crippen MR) is 162 cm³/mol. The highest BCUT2D eigenvalue weighted by Crippen LogP contribution is 2.65. The molecule has 0 aromatic heterocycles. The fourth-order valence-corrected chi connectivity index (χ4v) is 10.1. The molecule has 2 fully saturated rings. The highest BCUT2D eigenvalue weighted by molar-refractivity contribution is 8.02. The lowest BCUT2D eigenvalue weighted by Gasteiger charge is -2.44. The summed E-state index contributed by atoms with van der Waals surface area (Å²) in [7, 11) is 0. The molecule has 7 nitrogen and oxygen atoms in total. The van der Waals surface area contributed by atoms with Gasteiger partial charge < -0.3 is 19.8 Å². The molecule has 4 aliphatic rings. The lowest BCUT2D eigenvalue weighted by atomic mass is 9.74. The zero-order valence-corrected chi connectivity index (χ0v) is 26.6. The molecule has 1 spiro atoms. The summed E-state index contributed by atoms with van der Waals surface area (Å²) < 4.78 is -1.35. The van der Waals surface area contributed by atoms with Crippen LogP contribution in [0, 0.1) is 17.3 Å². The fraction of sp³-hybridized carbons (Fsp3) is 0.781. The quantitative estimate of drug-likeness (QED) is 0.304. The van der Waals surface area contributed by atoms with E-state index in [9.17, 15) is 19.5 Å². The van der Waals surface area contributed by atoms with E-state index in [0.29, 0.717) is 26.2 Å². The molecule has 0 aromatic carbocycles. The van der Waals surface area contributed by atoms with Gasteiger partial charge in [0.2, 0.25) is 17.7 Å². The molecule has 8 heteroatoms. The van der Waals surface area contributed by atoms with Crippen molar-refractivity contribution in [3.8, 4) is 0 Å². The second-order valence-electron chi connectivity index (χ2n) is 14.3. The monoisotopic (exact) mass is 573 g/mol. The van der Waals surface area contributed by atoms with Crippen LogP contribution in [-0.4, -0.2) is 91.4 Å². The van der Waals surface area contributed by atoms with Gasteiger partial charge in [0, 0.05) is 43.1 Å². The second-order valence-corrected chi connectivity index (χ2v) is 16.0.